The Hall–Kier alpha value is -0.790. The Bertz CT molecular complexity index is 604. The third-order valence-electron chi connectivity index (χ3n) is 3.66. The van der Waals surface area contributed by atoms with Crippen LogP contribution in [0.3, 0.4) is 0 Å². The molecule has 0 aliphatic carbocycles. The molecule has 1 N–H and O–H groups in total. The van der Waals surface area contributed by atoms with Gasteiger partial charge in [-0.3, -0.25) is 0 Å². The maximum Gasteiger partial charge on any atom is 0.171 e. The van der Waals surface area contributed by atoms with Crippen LogP contribution in [0.15, 0.2) is 18.2 Å². The van der Waals surface area contributed by atoms with Crippen molar-refractivity contribution < 1.29 is 17.9 Å². The van der Waals surface area contributed by atoms with Crippen molar-refractivity contribution in [1.29, 1.82) is 0 Å². The van der Waals surface area contributed by atoms with Crippen molar-refractivity contribution in [2.24, 2.45) is 0 Å². The van der Waals surface area contributed by atoms with E-state index in [-0.39, 0.29) is 11.4 Å². The number of rotatable bonds is 4. The maximum absolute atomic E-state index is 14.3. The van der Waals surface area contributed by atoms with E-state index >= 15 is 0 Å². The molecule has 0 radical (unpaired) electrons. The second kappa shape index (κ2) is 6.54. The first-order valence-electron chi connectivity index (χ1n) is 6.91. The molecule has 2 rings (SSSR count). The number of aliphatic hydroxyl groups excluding tert-OH is 1. The minimum absolute atomic E-state index is 0.0210. The number of anilines is 1. The van der Waals surface area contributed by atoms with Gasteiger partial charge in [-0.05, 0) is 13.0 Å². The maximum atomic E-state index is 14.3. The van der Waals surface area contributed by atoms with Crippen LogP contribution in [0.5, 0.6) is 0 Å². The zero-order valence-corrected chi connectivity index (χ0v) is 13.8. The van der Waals surface area contributed by atoms with E-state index in [1.54, 1.807) is 36.6 Å². The number of halogens is 1. The van der Waals surface area contributed by atoms with Gasteiger partial charge in [-0.1, -0.05) is 19.1 Å². The molecule has 0 amide bonds. The van der Waals surface area contributed by atoms with Gasteiger partial charge in [0.15, 0.2) is 9.84 Å². The molecule has 0 spiro atoms. The molecule has 1 fully saturated rings. The van der Waals surface area contributed by atoms with Crippen LogP contribution in [0.25, 0.3) is 0 Å². The zero-order valence-electron chi connectivity index (χ0n) is 12.1. The molecule has 0 saturated carbocycles. The van der Waals surface area contributed by atoms with Gasteiger partial charge in [0.05, 0.1) is 11.8 Å². The SMILES string of the molecule is CCS(=O)(=O)C1CSCCN1c1c(F)cccc1[C@@H](C)O. The molecule has 4 nitrogen and oxygen atoms in total. The van der Waals surface area contributed by atoms with Crippen molar-refractivity contribution in [1.82, 2.24) is 0 Å². The summed E-state index contributed by atoms with van der Waals surface area (Å²) in [6.45, 7) is 3.61. The molecule has 1 aromatic carbocycles. The van der Waals surface area contributed by atoms with E-state index in [9.17, 15) is 17.9 Å². The van der Waals surface area contributed by atoms with Gasteiger partial charge in [-0.15, -0.1) is 0 Å². The number of hydrogen-bond donors (Lipinski definition) is 1. The van der Waals surface area contributed by atoms with Crippen molar-refractivity contribution in [2.75, 3.05) is 28.7 Å². The first kappa shape index (κ1) is 16.6. The Morgan fingerprint density at radius 3 is 2.86 bits per heavy atom. The van der Waals surface area contributed by atoms with Gasteiger partial charge in [0, 0.05) is 29.4 Å². The summed E-state index contributed by atoms with van der Waals surface area (Å²) in [5.74, 6) is 0.692. The molecule has 2 atom stereocenters. The first-order valence-corrected chi connectivity index (χ1v) is 9.78. The second-order valence-corrected chi connectivity index (χ2v) is 8.63. The lowest BCUT2D eigenvalue weighted by Gasteiger charge is -2.38. The molecule has 1 heterocycles. The number of para-hydroxylation sites is 1. The second-order valence-electron chi connectivity index (χ2n) is 5.03. The quantitative estimate of drug-likeness (QED) is 0.915. The molecule has 1 aromatic rings. The average Bonchev–Trinajstić information content (AvgIpc) is 2.47. The van der Waals surface area contributed by atoms with Crippen LogP contribution in [0.1, 0.15) is 25.5 Å². The van der Waals surface area contributed by atoms with Crippen molar-refractivity contribution in [3.05, 3.63) is 29.6 Å². The van der Waals surface area contributed by atoms with Crippen LogP contribution in [0.2, 0.25) is 0 Å². The predicted octanol–water partition coefficient (Wildman–Crippen LogP) is 2.19. The first-order chi connectivity index (χ1) is 9.88. The fourth-order valence-corrected chi connectivity index (χ4v) is 5.47. The Morgan fingerprint density at radius 1 is 1.52 bits per heavy atom. The van der Waals surface area contributed by atoms with Crippen LogP contribution in [-0.2, 0) is 9.84 Å². The molecule has 21 heavy (non-hydrogen) atoms. The highest BCUT2D eigenvalue weighted by Crippen LogP contribution is 2.34. The summed E-state index contributed by atoms with van der Waals surface area (Å²) in [5, 5.41) is 9.12. The largest absolute Gasteiger partial charge is 0.389 e. The molecule has 1 aliphatic rings. The minimum Gasteiger partial charge on any atom is -0.389 e. The molecule has 1 aliphatic heterocycles. The highest BCUT2D eigenvalue weighted by atomic mass is 32.2. The van der Waals surface area contributed by atoms with Crippen LogP contribution in [0, 0.1) is 5.82 Å². The number of nitrogens with zero attached hydrogens (tertiary/aromatic N) is 1. The molecular weight excluding hydrogens is 313 g/mol. The number of sulfone groups is 1. The monoisotopic (exact) mass is 333 g/mol. The third kappa shape index (κ3) is 3.35. The molecule has 0 bridgehead atoms. The topological polar surface area (TPSA) is 57.6 Å². The van der Waals surface area contributed by atoms with E-state index in [2.05, 4.69) is 0 Å². The van der Waals surface area contributed by atoms with Crippen molar-refractivity contribution in [3.63, 3.8) is 0 Å². The summed E-state index contributed by atoms with van der Waals surface area (Å²) in [6.07, 6.45) is -0.852. The normalized spacial score (nSPS) is 21.3. The smallest absolute Gasteiger partial charge is 0.171 e. The highest BCUT2D eigenvalue weighted by Gasteiger charge is 2.35. The Balaban J connectivity index is 2.53. The molecule has 118 valence electrons. The van der Waals surface area contributed by atoms with Crippen molar-refractivity contribution in [2.45, 2.75) is 25.3 Å². The summed E-state index contributed by atoms with van der Waals surface area (Å²) >= 11 is 1.56. The van der Waals surface area contributed by atoms with Crippen LogP contribution >= 0.6 is 11.8 Å². The highest BCUT2D eigenvalue weighted by molar-refractivity contribution is 8.01. The van der Waals surface area contributed by atoms with Gasteiger partial charge in [0.25, 0.3) is 0 Å². The van der Waals surface area contributed by atoms with Gasteiger partial charge in [-0.2, -0.15) is 11.8 Å². The van der Waals surface area contributed by atoms with E-state index in [1.807, 2.05) is 0 Å². The van der Waals surface area contributed by atoms with Gasteiger partial charge in [0.1, 0.15) is 11.2 Å². The lowest BCUT2D eigenvalue weighted by molar-refractivity contribution is 0.199. The molecule has 0 aromatic heterocycles. The Labute approximate surface area is 129 Å². The third-order valence-corrected chi connectivity index (χ3v) is 6.95. The van der Waals surface area contributed by atoms with Gasteiger partial charge in [0.2, 0.25) is 0 Å². The zero-order chi connectivity index (χ0) is 15.6. The molecule has 1 unspecified atom stereocenters. The number of thioether (sulfide) groups is 1. The summed E-state index contributed by atoms with van der Waals surface area (Å²) in [6, 6.07) is 4.47. The average molecular weight is 333 g/mol. The lowest BCUT2D eigenvalue weighted by Crippen LogP contribution is -2.48. The van der Waals surface area contributed by atoms with Crippen molar-refractivity contribution in [3.8, 4) is 0 Å². The van der Waals surface area contributed by atoms with E-state index in [4.69, 9.17) is 0 Å². The fraction of sp³-hybridized carbons (Fsp3) is 0.571. The van der Waals surface area contributed by atoms with E-state index in [0.29, 0.717) is 17.9 Å². The summed E-state index contributed by atoms with van der Waals surface area (Å²) in [5.41, 5.74) is 0.646. The number of hydrogen-bond acceptors (Lipinski definition) is 5. The summed E-state index contributed by atoms with van der Waals surface area (Å²) in [7, 11) is -3.32. The molecule has 1 saturated heterocycles. The summed E-state index contributed by atoms with van der Waals surface area (Å²) in [4.78, 5) is 1.60. The Kier molecular flexibility index (Phi) is 5.16. The number of aliphatic hydroxyl groups is 1. The predicted molar refractivity (Wildman–Crippen MR) is 85.0 cm³/mol. The molecular formula is C14H20FNO3S2. The Morgan fingerprint density at radius 2 is 2.24 bits per heavy atom. The van der Waals surface area contributed by atoms with Crippen LogP contribution in [-0.4, -0.2) is 42.7 Å². The van der Waals surface area contributed by atoms with Gasteiger partial charge < -0.3 is 10.0 Å². The fourth-order valence-electron chi connectivity index (χ4n) is 2.50. The summed E-state index contributed by atoms with van der Waals surface area (Å²) < 4.78 is 38.9. The minimum atomic E-state index is -3.32. The van der Waals surface area contributed by atoms with Gasteiger partial charge >= 0.3 is 0 Å². The van der Waals surface area contributed by atoms with Crippen LogP contribution < -0.4 is 4.90 Å². The van der Waals surface area contributed by atoms with E-state index < -0.39 is 27.1 Å². The van der Waals surface area contributed by atoms with Gasteiger partial charge in [-0.25, -0.2) is 12.8 Å². The van der Waals surface area contributed by atoms with E-state index in [1.165, 1.54) is 12.1 Å². The van der Waals surface area contributed by atoms with Crippen LogP contribution in [0.4, 0.5) is 10.1 Å². The lowest BCUT2D eigenvalue weighted by atomic mass is 10.1. The number of benzene rings is 1. The standard InChI is InChI=1S/C14H20FNO3S2/c1-3-21(18,19)13-9-20-8-7-16(13)14-11(10(2)17)5-4-6-12(14)15/h4-6,10,13,17H,3,7-9H2,1-2H3/t10-,13?/m1/s1. The molecule has 7 heteroatoms. The van der Waals surface area contributed by atoms with Crippen molar-refractivity contribution >= 4 is 27.3 Å². The van der Waals surface area contributed by atoms with E-state index in [0.717, 1.165) is 5.75 Å².